The summed E-state index contributed by atoms with van der Waals surface area (Å²) in [7, 11) is 1.52. The van der Waals surface area contributed by atoms with E-state index in [0.717, 1.165) is 5.56 Å². The molecule has 1 aromatic heterocycles. The zero-order valence-electron chi connectivity index (χ0n) is 13.6. The minimum Gasteiger partial charge on any atom is -0.504 e. The van der Waals surface area contributed by atoms with Gasteiger partial charge in [-0.05, 0) is 36.6 Å². The molecule has 0 amide bonds. The Hall–Kier alpha value is -2.18. The summed E-state index contributed by atoms with van der Waals surface area (Å²) in [6.07, 6.45) is 2.28. The minimum absolute atomic E-state index is 0.112. The standard InChI is InChI=1S/C18H21FN2O3/c1-24-16-11-13(4-5-15(16)22)12-21-9-6-18(23,7-10-21)14-3-2-8-20-17(14)19/h2-5,8,11,22-23H,6-7,9-10,12H2,1H3. The maximum atomic E-state index is 13.9. The number of methoxy groups -OCH3 is 1. The van der Waals surface area contributed by atoms with Crippen LogP contribution in [0, 0.1) is 5.95 Å². The Morgan fingerprint density at radius 3 is 2.71 bits per heavy atom. The molecule has 0 saturated carbocycles. The summed E-state index contributed by atoms with van der Waals surface area (Å²) in [5.74, 6) is -0.0449. The van der Waals surface area contributed by atoms with E-state index in [1.807, 2.05) is 6.07 Å². The third kappa shape index (κ3) is 3.34. The quantitative estimate of drug-likeness (QED) is 0.842. The van der Waals surface area contributed by atoms with Crippen LogP contribution in [0.25, 0.3) is 0 Å². The van der Waals surface area contributed by atoms with Crippen LogP contribution in [-0.2, 0) is 12.1 Å². The average Bonchev–Trinajstić information content (AvgIpc) is 2.59. The number of aromatic hydroxyl groups is 1. The van der Waals surface area contributed by atoms with Crippen molar-refractivity contribution in [1.29, 1.82) is 0 Å². The van der Waals surface area contributed by atoms with E-state index in [1.165, 1.54) is 13.3 Å². The van der Waals surface area contributed by atoms with E-state index >= 15 is 0 Å². The zero-order chi connectivity index (χ0) is 17.2. The van der Waals surface area contributed by atoms with Gasteiger partial charge in [-0.25, -0.2) is 4.98 Å². The molecular formula is C18H21FN2O3. The number of hydrogen-bond acceptors (Lipinski definition) is 5. The third-order valence-electron chi connectivity index (χ3n) is 4.59. The summed E-state index contributed by atoms with van der Waals surface area (Å²) in [4.78, 5) is 5.82. The maximum absolute atomic E-state index is 13.9. The summed E-state index contributed by atoms with van der Waals surface area (Å²) < 4.78 is 19.0. The highest BCUT2D eigenvalue weighted by Gasteiger charge is 2.36. The molecule has 1 aromatic carbocycles. The molecule has 6 heteroatoms. The molecule has 0 radical (unpaired) electrons. The summed E-state index contributed by atoms with van der Waals surface area (Å²) in [6, 6.07) is 8.50. The number of phenols is 1. The van der Waals surface area contributed by atoms with Crippen LogP contribution in [0.5, 0.6) is 11.5 Å². The summed E-state index contributed by atoms with van der Waals surface area (Å²) in [5.41, 5.74) is 0.125. The molecule has 2 N–H and O–H groups in total. The Labute approximate surface area is 140 Å². The first-order valence-electron chi connectivity index (χ1n) is 7.93. The van der Waals surface area contributed by atoms with Gasteiger partial charge in [0.2, 0.25) is 5.95 Å². The van der Waals surface area contributed by atoms with Crippen LogP contribution in [0.1, 0.15) is 24.0 Å². The Balaban J connectivity index is 1.66. The third-order valence-corrected chi connectivity index (χ3v) is 4.59. The van der Waals surface area contributed by atoms with Gasteiger partial charge in [-0.3, -0.25) is 4.90 Å². The van der Waals surface area contributed by atoms with Gasteiger partial charge in [0.25, 0.3) is 0 Å². The van der Waals surface area contributed by atoms with Crippen LogP contribution in [0.4, 0.5) is 4.39 Å². The first kappa shape index (κ1) is 16.7. The molecule has 0 bridgehead atoms. The van der Waals surface area contributed by atoms with Crippen LogP contribution >= 0.6 is 0 Å². The van der Waals surface area contributed by atoms with Crippen LogP contribution < -0.4 is 4.74 Å². The second-order valence-corrected chi connectivity index (χ2v) is 6.16. The molecule has 1 saturated heterocycles. The molecule has 5 nitrogen and oxygen atoms in total. The molecule has 0 atom stereocenters. The molecule has 0 unspecified atom stereocenters. The number of ether oxygens (including phenoxy) is 1. The van der Waals surface area contributed by atoms with E-state index in [4.69, 9.17) is 4.74 Å². The van der Waals surface area contributed by atoms with Crippen molar-refractivity contribution in [3.63, 3.8) is 0 Å². The largest absolute Gasteiger partial charge is 0.504 e. The number of pyridine rings is 1. The highest BCUT2D eigenvalue weighted by atomic mass is 19.1. The first-order chi connectivity index (χ1) is 11.5. The van der Waals surface area contributed by atoms with Crippen LogP contribution in [-0.4, -0.2) is 40.3 Å². The van der Waals surface area contributed by atoms with E-state index in [1.54, 1.807) is 24.3 Å². The van der Waals surface area contributed by atoms with Gasteiger partial charge in [-0.15, -0.1) is 0 Å². The molecular weight excluding hydrogens is 311 g/mol. The average molecular weight is 332 g/mol. The second-order valence-electron chi connectivity index (χ2n) is 6.16. The molecule has 24 heavy (non-hydrogen) atoms. The number of aromatic nitrogens is 1. The van der Waals surface area contributed by atoms with Gasteiger partial charge < -0.3 is 14.9 Å². The summed E-state index contributed by atoms with van der Waals surface area (Å²) in [5, 5.41) is 20.4. The lowest BCUT2D eigenvalue weighted by Crippen LogP contribution is -2.42. The van der Waals surface area contributed by atoms with Crippen molar-refractivity contribution in [3.05, 3.63) is 53.6 Å². The molecule has 2 heterocycles. The van der Waals surface area contributed by atoms with E-state index < -0.39 is 11.5 Å². The Morgan fingerprint density at radius 1 is 1.29 bits per heavy atom. The molecule has 2 aromatic rings. The van der Waals surface area contributed by atoms with E-state index in [9.17, 15) is 14.6 Å². The zero-order valence-corrected chi connectivity index (χ0v) is 13.6. The van der Waals surface area contributed by atoms with Gasteiger partial charge >= 0.3 is 0 Å². The molecule has 128 valence electrons. The van der Waals surface area contributed by atoms with E-state index in [0.29, 0.717) is 38.2 Å². The van der Waals surface area contributed by atoms with E-state index in [-0.39, 0.29) is 11.3 Å². The highest BCUT2D eigenvalue weighted by molar-refractivity contribution is 5.41. The summed E-state index contributed by atoms with van der Waals surface area (Å²) >= 11 is 0. The lowest BCUT2D eigenvalue weighted by atomic mass is 9.85. The fraction of sp³-hybridized carbons (Fsp3) is 0.389. The molecule has 0 aliphatic carbocycles. The van der Waals surface area contributed by atoms with Crippen molar-refractivity contribution in [2.24, 2.45) is 0 Å². The van der Waals surface area contributed by atoms with Crippen LogP contribution in [0.3, 0.4) is 0 Å². The smallest absolute Gasteiger partial charge is 0.218 e. The normalized spacial score (nSPS) is 17.6. The lowest BCUT2D eigenvalue weighted by molar-refractivity contribution is -0.0308. The molecule has 1 fully saturated rings. The van der Waals surface area contributed by atoms with Gasteiger partial charge in [-0.1, -0.05) is 12.1 Å². The number of piperidine rings is 1. The number of aliphatic hydroxyl groups is 1. The van der Waals surface area contributed by atoms with Gasteiger partial charge in [0, 0.05) is 31.4 Å². The monoisotopic (exact) mass is 332 g/mol. The Morgan fingerprint density at radius 2 is 2.04 bits per heavy atom. The minimum atomic E-state index is -1.17. The predicted molar refractivity (Wildman–Crippen MR) is 87.3 cm³/mol. The number of hydrogen-bond donors (Lipinski definition) is 2. The van der Waals surface area contributed by atoms with Crippen molar-refractivity contribution >= 4 is 0 Å². The van der Waals surface area contributed by atoms with Crippen molar-refractivity contribution in [2.45, 2.75) is 25.0 Å². The second kappa shape index (κ2) is 6.75. The van der Waals surface area contributed by atoms with Gasteiger partial charge in [0.1, 0.15) is 0 Å². The van der Waals surface area contributed by atoms with Crippen molar-refractivity contribution in [1.82, 2.24) is 9.88 Å². The fourth-order valence-corrected chi connectivity index (χ4v) is 3.16. The number of benzene rings is 1. The Kier molecular flexibility index (Phi) is 4.69. The molecule has 1 aliphatic heterocycles. The number of nitrogens with zero attached hydrogens (tertiary/aromatic N) is 2. The number of phenolic OH excluding ortho intramolecular Hbond substituents is 1. The van der Waals surface area contributed by atoms with E-state index in [2.05, 4.69) is 9.88 Å². The van der Waals surface area contributed by atoms with Crippen molar-refractivity contribution in [2.75, 3.05) is 20.2 Å². The highest BCUT2D eigenvalue weighted by Crippen LogP contribution is 2.34. The van der Waals surface area contributed by atoms with Crippen molar-refractivity contribution < 1.29 is 19.3 Å². The number of likely N-dealkylation sites (tertiary alicyclic amines) is 1. The van der Waals surface area contributed by atoms with Gasteiger partial charge in [0.15, 0.2) is 11.5 Å². The fourth-order valence-electron chi connectivity index (χ4n) is 3.16. The predicted octanol–water partition coefficient (Wildman–Crippen LogP) is 2.42. The molecule has 1 aliphatic rings. The van der Waals surface area contributed by atoms with Crippen LogP contribution in [0.2, 0.25) is 0 Å². The number of halogens is 1. The van der Waals surface area contributed by atoms with Crippen LogP contribution in [0.15, 0.2) is 36.5 Å². The maximum Gasteiger partial charge on any atom is 0.218 e. The SMILES string of the molecule is COc1cc(CN2CCC(O)(c3cccnc3F)CC2)ccc1O. The van der Waals surface area contributed by atoms with Crippen molar-refractivity contribution in [3.8, 4) is 11.5 Å². The Bertz CT molecular complexity index is 715. The molecule has 3 rings (SSSR count). The lowest BCUT2D eigenvalue weighted by Gasteiger charge is -2.38. The van der Waals surface area contributed by atoms with Gasteiger partial charge in [-0.2, -0.15) is 4.39 Å². The molecule has 0 spiro atoms. The number of rotatable bonds is 4. The topological polar surface area (TPSA) is 65.8 Å². The summed E-state index contributed by atoms with van der Waals surface area (Å²) in [6.45, 7) is 1.98. The van der Waals surface area contributed by atoms with Gasteiger partial charge in [0.05, 0.1) is 12.7 Å². The first-order valence-corrected chi connectivity index (χ1v) is 7.93.